The zero-order chi connectivity index (χ0) is 23.3. The summed E-state index contributed by atoms with van der Waals surface area (Å²) in [4.78, 5) is 17.5. The minimum absolute atomic E-state index is 0.0877. The molecular formula is C26H35N7O. The number of fused-ring (bicyclic) bond motifs is 1. The van der Waals surface area contributed by atoms with E-state index in [4.69, 9.17) is 5.10 Å². The Morgan fingerprint density at radius 3 is 2.50 bits per heavy atom. The highest BCUT2D eigenvalue weighted by molar-refractivity contribution is 5.76. The number of carbonyl (C=O) groups is 1. The fourth-order valence-corrected chi connectivity index (χ4v) is 5.13. The lowest BCUT2D eigenvalue weighted by molar-refractivity contribution is -0.122. The Kier molecular flexibility index (Phi) is 7.16. The van der Waals surface area contributed by atoms with Gasteiger partial charge in [0.25, 0.3) is 0 Å². The van der Waals surface area contributed by atoms with E-state index in [0.717, 1.165) is 75.6 Å². The van der Waals surface area contributed by atoms with Crippen LogP contribution in [0.2, 0.25) is 0 Å². The number of nitrogens with one attached hydrogen (secondary N) is 1. The van der Waals surface area contributed by atoms with Crippen molar-refractivity contribution >= 4 is 11.6 Å². The predicted molar refractivity (Wildman–Crippen MR) is 131 cm³/mol. The molecule has 0 radical (unpaired) electrons. The van der Waals surface area contributed by atoms with Crippen molar-refractivity contribution in [2.45, 2.75) is 57.0 Å². The van der Waals surface area contributed by atoms with Crippen molar-refractivity contribution < 1.29 is 4.79 Å². The van der Waals surface area contributed by atoms with Crippen molar-refractivity contribution in [1.82, 2.24) is 34.9 Å². The number of nitrogens with zero attached hydrogens (tertiary/aromatic N) is 6. The molecule has 4 heterocycles. The molecule has 2 aromatic heterocycles. The van der Waals surface area contributed by atoms with E-state index in [1.54, 1.807) is 0 Å². The smallest absolute Gasteiger partial charge is 0.220 e. The fourth-order valence-electron chi connectivity index (χ4n) is 5.13. The fraction of sp³-hybridized carbons (Fsp3) is 0.538. The second-order valence-electron chi connectivity index (χ2n) is 9.83. The second-order valence-corrected chi connectivity index (χ2v) is 9.83. The van der Waals surface area contributed by atoms with Gasteiger partial charge >= 0.3 is 0 Å². The average Bonchev–Trinajstić information content (AvgIpc) is 3.27. The molecule has 0 saturated carbocycles. The Labute approximate surface area is 201 Å². The van der Waals surface area contributed by atoms with Crippen molar-refractivity contribution in [3.8, 4) is 0 Å². The quantitative estimate of drug-likeness (QED) is 0.583. The molecule has 3 aromatic rings. The van der Waals surface area contributed by atoms with E-state index < -0.39 is 0 Å². The van der Waals surface area contributed by atoms with Crippen LogP contribution < -0.4 is 5.32 Å². The predicted octanol–water partition coefficient (Wildman–Crippen LogP) is 2.65. The summed E-state index contributed by atoms with van der Waals surface area (Å²) >= 11 is 0. The molecule has 8 heteroatoms. The van der Waals surface area contributed by atoms with E-state index in [1.165, 1.54) is 5.56 Å². The first-order valence-corrected chi connectivity index (χ1v) is 12.6. The van der Waals surface area contributed by atoms with Crippen LogP contribution in [0.3, 0.4) is 0 Å². The average molecular weight is 462 g/mol. The Bertz CT molecular complexity index is 1080. The number of carbonyl (C=O) groups excluding carboxylic acids is 1. The normalized spacial score (nSPS) is 19.0. The topological polar surface area (TPSA) is 78.7 Å². The van der Waals surface area contributed by atoms with E-state index in [9.17, 15) is 4.79 Å². The van der Waals surface area contributed by atoms with Gasteiger partial charge in [-0.05, 0) is 63.5 Å². The lowest BCUT2D eigenvalue weighted by Gasteiger charge is -2.32. The van der Waals surface area contributed by atoms with Crippen LogP contribution in [0.4, 0.5) is 0 Å². The van der Waals surface area contributed by atoms with Gasteiger partial charge in [-0.1, -0.05) is 30.3 Å². The molecule has 1 N–H and O–H groups in total. The zero-order valence-electron chi connectivity index (χ0n) is 20.1. The largest absolute Gasteiger partial charge is 0.353 e. The van der Waals surface area contributed by atoms with Gasteiger partial charge in [0.15, 0.2) is 11.5 Å². The molecule has 1 aromatic carbocycles. The number of likely N-dealkylation sites (tertiary alicyclic amines) is 2. The molecule has 2 fully saturated rings. The monoisotopic (exact) mass is 461 g/mol. The summed E-state index contributed by atoms with van der Waals surface area (Å²) in [6, 6.07) is 14.9. The van der Waals surface area contributed by atoms with Gasteiger partial charge in [-0.25, -0.2) is 0 Å². The Morgan fingerprint density at radius 1 is 0.971 bits per heavy atom. The molecule has 2 saturated heterocycles. The maximum absolute atomic E-state index is 12.7. The van der Waals surface area contributed by atoms with Gasteiger partial charge in [-0.3, -0.25) is 9.69 Å². The van der Waals surface area contributed by atoms with Crippen LogP contribution in [0, 0.1) is 0 Å². The number of rotatable bonds is 7. The van der Waals surface area contributed by atoms with Crippen molar-refractivity contribution in [1.29, 1.82) is 0 Å². The number of amides is 1. The van der Waals surface area contributed by atoms with Gasteiger partial charge in [-0.2, -0.15) is 9.61 Å². The molecule has 5 rings (SSSR count). The maximum atomic E-state index is 12.7. The van der Waals surface area contributed by atoms with Crippen molar-refractivity contribution in [2.75, 3.05) is 33.2 Å². The third kappa shape index (κ3) is 5.62. The maximum Gasteiger partial charge on any atom is 0.220 e. The molecule has 2 aliphatic rings. The number of benzene rings is 1. The minimum atomic E-state index is 0.0877. The lowest BCUT2D eigenvalue weighted by atomic mass is 9.94. The number of hydrogen-bond acceptors (Lipinski definition) is 6. The van der Waals surface area contributed by atoms with Crippen LogP contribution >= 0.6 is 0 Å². The molecule has 180 valence electrons. The SMILES string of the molecule is CN1CCC(c2ccc3nnc(CCC(=O)NC4CCN(Cc5ccccc5)CC4)n3n2)CC1. The van der Waals surface area contributed by atoms with Gasteiger partial charge in [0.1, 0.15) is 0 Å². The molecule has 0 atom stereocenters. The first-order chi connectivity index (χ1) is 16.6. The molecule has 0 spiro atoms. The molecule has 8 nitrogen and oxygen atoms in total. The van der Waals surface area contributed by atoms with Crippen LogP contribution in [0.15, 0.2) is 42.5 Å². The summed E-state index contributed by atoms with van der Waals surface area (Å²) in [5, 5.41) is 16.7. The summed E-state index contributed by atoms with van der Waals surface area (Å²) in [5.74, 6) is 1.33. The van der Waals surface area contributed by atoms with Gasteiger partial charge in [0, 0.05) is 44.4 Å². The van der Waals surface area contributed by atoms with Crippen LogP contribution in [-0.2, 0) is 17.8 Å². The van der Waals surface area contributed by atoms with E-state index >= 15 is 0 Å². The minimum Gasteiger partial charge on any atom is -0.353 e. The summed E-state index contributed by atoms with van der Waals surface area (Å²) < 4.78 is 1.84. The van der Waals surface area contributed by atoms with E-state index in [-0.39, 0.29) is 11.9 Å². The van der Waals surface area contributed by atoms with Crippen LogP contribution in [0.5, 0.6) is 0 Å². The summed E-state index contributed by atoms with van der Waals surface area (Å²) in [5.41, 5.74) is 3.20. The first-order valence-electron chi connectivity index (χ1n) is 12.6. The molecule has 0 unspecified atom stereocenters. The summed E-state index contributed by atoms with van der Waals surface area (Å²) in [6.07, 6.45) is 5.19. The highest BCUT2D eigenvalue weighted by Crippen LogP contribution is 2.26. The van der Waals surface area contributed by atoms with Gasteiger partial charge < -0.3 is 10.2 Å². The Morgan fingerprint density at radius 2 is 1.74 bits per heavy atom. The molecular weight excluding hydrogens is 426 g/mol. The molecule has 0 aliphatic carbocycles. The van der Waals surface area contributed by atoms with Crippen molar-refractivity contribution in [3.05, 3.63) is 59.5 Å². The number of aromatic nitrogens is 4. The molecule has 34 heavy (non-hydrogen) atoms. The first kappa shape index (κ1) is 22.9. The lowest BCUT2D eigenvalue weighted by Crippen LogP contribution is -2.44. The Balaban J connectivity index is 1.11. The van der Waals surface area contributed by atoms with Gasteiger partial charge in [0.2, 0.25) is 5.91 Å². The van der Waals surface area contributed by atoms with E-state index in [2.05, 4.69) is 68.8 Å². The third-order valence-electron chi connectivity index (χ3n) is 7.26. The molecule has 1 amide bonds. The Hall–Kier alpha value is -2.84. The van der Waals surface area contributed by atoms with Crippen molar-refractivity contribution in [2.24, 2.45) is 0 Å². The van der Waals surface area contributed by atoms with Crippen LogP contribution in [0.1, 0.15) is 55.1 Å². The highest BCUT2D eigenvalue weighted by atomic mass is 16.1. The number of aryl methyl sites for hydroxylation is 1. The third-order valence-corrected chi connectivity index (χ3v) is 7.26. The van der Waals surface area contributed by atoms with E-state index in [0.29, 0.717) is 18.8 Å². The second kappa shape index (κ2) is 10.6. The zero-order valence-corrected chi connectivity index (χ0v) is 20.1. The standard InChI is InChI=1S/C26H35N7O/c1-31-15-11-21(12-16-31)23-7-8-24-28-29-25(33(24)30-23)9-10-26(34)27-22-13-17-32(18-14-22)19-20-5-3-2-4-6-20/h2-8,21-22H,9-19H2,1H3,(H,27,34). The van der Waals surface area contributed by atoms with E-state index in [1.807, 2.05) is 10.6 Å². The van der Waals surface area contributed by atoms with Crippen LogP contribution in [-0.4, -0.2) is 74.8 Å². The number of hydrogen-bond donors (Lipinski definition) is 1. The van der Waals surface area contributed by atoms with Gasteiger partial charge in [-0.15, -0.1) is 10.2 Å². The van der Waals surface area contributed by atoms with Gasteiger partial charge in [0.05, 0.1) is 5.69 Å². The molecule has 2 aliphatic heterocycles. The van der Waals surface area contributed by atoms with Crippen LogP contribution in [0.25, 0.3) is 5.65 Å². The summed E-state index contributed by atoms with van der Waals surface area (Å²) in [7, 11) is 2.17. The highest BCUT2D eigenvalue weighted by Gasteiger charge is 2.22. The summed E-state index contributed by atoms with van der Waals surface area (Å²) in [6.45, 7) is 5.21. The number of piperidine rings is 2. The van der Waals surface area contributed by atoms with Crippen molar-refractivity contribution in [3.63, 3.8) is 0 Å². The molecule has 0 bridgehead atoms.